The van der Waals surface area contributed by atoms with Crippen molar-refractivity contribution >= 4 is 0 Å². The minimum absolute atomic E-state index is 0.231. The summed E-state index contributed by atoms with van der Waals surface area (Å²) in [6.45, 7) is 2.00. The predicted octanol–water partition coefficient (Wildman–Crippen LogP) is 2.76. The molecule has 1 aromatic carbocycles. The second-order valence-electron chi connectivity index (χ2n) is 4.80. The lowest BCUT2D eigenvalue weighted by atomic mass is 10.1. The lowest BCUT2D eigenvalue weighted by Crippen LogP contribution is -1.99. The Kier molecular flexibility index (Phi) is 4.72. The van der Waals surface area contributed by atoms with Gasteiger partial charge in [0.25, 0.3) is 0 Å². The highest BCUT2D eigenvalue weighted by Gasteiger charge is 2.11. The molecule has 0 saturated carbocycles. The maximum Gasteiger partial charge on any atom is 0.226 e. The van der Waals surface area contributed by atoms with E-state index in [1.807, 2.05) is 31.2 Å². The summed E-state index contributed by atoms with van der Waals surface area (Å²) < 4.78 is 10.3. The van der Waals surface area contributed by atoms with Gasteiger partial charge in [0.05, 0.1) is 13.2 Å². The molecule has 0 N–H and O–H groups in total. The fraction of sp³-hybridized carbons (Fsp3) is 0.400. The van der Waals surface area contributed by atoms with Gasteiger partial charge in [0.1, 0.15) is 5.75 Å². The molecule has 0 aliphatic rings. The Morgan fingerprint density at radius 1 is 1.35 bits per heavy atom. The van der Waals surface area contributed by atoms with Crippen LogP contribution < -0.4 is 4.74 Å². The van der Waals surface area contributed by atoms with Gasteiger partial charge in [-0.2, -0.15) is 10.2 Å². The van der Waals surface area contributed by atoms with E-state index < -0.39 is 0 Å². The van der Waals surface area contributed by atoms with Crippen LogP contribution in [0.4, 0.5) is 0 Å². The van der Waals surface area contributed by atoms with Crippen LogP contribution in [0, 0.1) is 17.2 Å². The van der Waals surface area contributed by atoms with Gasteiger partial charge in [-0.25, -0.2) is 0 Å². The van der Waals surface area contributed by atoms with Crippen molar-refractivity contribution in [2.45, 2.75) is 26.2 Å². The number of hydrogen-bond acceptors (Lipinski definition) is 5. The summed E-state index contributed by atoms with van der Waals surface area (Å²) in [5.74, 6) is 2.31. The summed E-state index contributed by atoms with van der Waals surface area (Å²) in [5.41, 5.74) is 1.10. The van der Waals surface area contributed by atoms with Crippen LogP contribution in [0.15, 0.2) is 28.8 Å². The van der Waals surface area contributed by atoms with E-state index in [2.05, 4.69) is 16.2 Å². The Hall–Kier alpha value is -2.35. The summed E-state index contributed by atoms with van der Waals surface area (Å²) in [5, 5.41) is 12.6. The average molecular weight is 271 g/mol. The molecule has 5 heteroatoms. The number of aromatic nitrogens is 2. The molecule has 0 aliphatic heterocycles. The first-order chi connectivity index (χ1) is 9.71. The van der Waals surface area contributed by atoms with Crippen LogP contribution in [-0.4, -0.2) is 17.3 Å². The van der Waals surface area contributed by atoms with Gasteiger partial charge in [-0.3, -0.25) is 0 Å². The third kappa shape index (κ3) is 3.82. The van der Waals surface area contributed by atoms with Gasteiger partial charge < -0.3 is 9.26 Å². The lowest BCUT2D eigenvalue weighted by molar-refractivity contribution is 0.355. The zero-order valence-corrected chi connectivity index (χ0v) is 11.7. The molecule has 0 saturated heterocycles. The molecule has 1 unspecified atom stereocenters. The Morgan fingerprint density at radius 3 is 2.75 bits per heavy atom. The van der Waals surface area contributed by atoms with E-state index in [1.165, 1.54) is 0 Å². The Labute approximate surface area is 118 Å². The Morgan fingerprint density at radius 2 is 2.10 bits per heavy atom. The summed E-state index contributed by atoms with van der Waals surface area (Å²) in [6, 6.07) is 9.92. The van der Waals surface area contributed by atoms with Crippen LogP contribution >= 0.6 is 0 Å². The van der Waals surface area contributed by atoms with E-state index in [0.29, 0.717) is 31.0 Å². The van der Waals surface area contributed by atoms with Crippen LogP contribution in [0.25, 0.3) is 0 Å². The van der Waals surface area contributed by atoms with Gasteiger partial charge in [-0.05, 0) is 23.6 Å². The Balaban J connectivity index is 1.96. The molecular formula is C15H17N3O2. The van der Waals surface area contributed by atoms with Crippen LogP contribution in [0.2, 0.25) is 0 Å². The number of methoxy groups -OCH3 is 1. The standard InChI is InChI=1S/C15H17N3O2/c1-11(7-8-16)9-15-17-14(18-20-15)10-12-3-5-13(19-2)6-4-12/h3-6,11H,7,9-10H2,1-2H3. The van der Waals surface area contributed by atoms with Crippen molar-refractivity contribution in [3.63, 3.8) is 0 Å². The molecule has 0 fully saturated rings. The van der Waals surface area contributed by atoms with E-state index in [-0.39, 0.29) is 5.92 Å². The maximum absolute atomic E-state index is 8.63. The smallest absolute Gasteiger partial charge is 0.226 e. The Bertz CT molecular complexity index is 584. The molecule has 20 heavy (non-hydrogen) atoms. The number of hydrogen-bond donors (Lipinski definition) is 0. The highest BCUT2D eigenvalue weighted by atomic mass is 16.5. The average Bonchev–Trinajstić information content (AvgIpc) is 2.87. The van der Waals surface area contributed by atoms with E-state index in [0.717, 1.165) is 11.3 Å². The molecule has 2 aromatic rings. The third-order valence-electron chi connectivity index (χ3n) is 2.99. The number of rotatable bonds is 6. The topological polar surface area (TPSA) is 71.9 Å². The third-order valence-corrected chi connectivity index (χ3v) is 2.99. The minimum Gasteiger partial charge on any atom is -0.497 e. The number of nitriles is 1. The zero-order chi connectivity index (χ0) is 14.4. The zero-order valence-electron chi connectivity index (χ0n) is 11.7. The highest BCUT2D eigenvalue weighted by Crippen LogP contribution is 2.15. The fourth-order valence-corrected chi connectivity index (χ4v) is 1.90. The largest absolute Gasteiger partial charge is 0.497 e. The molecule has 0 bridgehead atoms. The van der Waals surface area contributed by atoms with Gasteiger partial charge in [0.15, 0.2) is 5.82 Å². The SMILES string of the molecule is COc1ccc(Cc2noc(CC(C)CC#N)n2)cc1. The number of benzene rings is 1. The second-order valence-corrected chi connectivity index (χ2v) is 4.80. The number of ether oxygens (including phenoxy) is 1. The van der Waals surface area contributed by atoms with Gasteiger partial charge in [0.2, 0.25) is 5.89 Å². The van der Waals surface area contributed by atoms with Gasteiger partial charge in [0, 0.05) is 19.3 Å². The van der Waals surface area contributed by atoms with Crippen LogP contribution in [0.5, 0.6) is 5.75 Å². The molecule has 1 atom stereocenters. The molecule has 1 heterocycles. The van der Waals surface area contributed by atoms with E-state index >= 15 is 0 Å². The van der Waals surface area contributed by atoms with Gasteiger partial charge >= 0.3 is 0 Å². The summed E-state index contributed by atoms with van der Waals surface area (Å²) in [4.78, 5) is 4.35. The number of nitrogens with zero attached hydrogens (tertiary/aromatic N) is 3. The first-order valence-electron chi connectivity index (χ1n) is 6.52. The van der Waals surface area contributed by atoms with E-state index in [1.54, 1.807) is 7.11 Å². The molecule has 0 radical (unpaired) electrons. The first-order valence-corrected chi connectivity index (χ1v) is 6.52. The molecule has 0 spiro atoms. The highest BCUT2D eigenvalue weighted by molar-refractivity contribution is 5.28. The molecule has 5 nitrogen and oxygen atoms in total. The predicted molar refractivity (Wildman–Crippen MR) is 73.2 cm³/mol. The summed E-state index contributed by atoms with van der Waals surface area (Å²) >= 11 is 0. The molecule has 0 amide bonds. The minimum atomic E-state index is 0.231. The van der Waals surface area contributed by atoms with Crippen molar-refractivity contribution in [3.8, 4) is 11.8 Å². The summed E-state index contributed by atoms with van der Waals surface area (Å²) in [7, 11) is 1.64. The summed E-state index contributed by atoms with van der Waals surface area (Å²) in [6.07, 6.45) is 1.76. The van der Waals surface area contributed by atoms with E-state index in [4.69, 9.17) is 14.5 Å². The van der Waals surface area contributed by atoms with Crippen molar-refractivity contribution < 1.29 is 9.26 Å². The molecule has 2 rings (SSSR count). The quantitative estimate of drug-likeness (QED) is 0.807. The normalized spacial score (nSPS) is 11.8. The monoisotopic (exact) mass is 271 g/mol. The van der Waals surface area contributed by atoms with Crippen molar-refractivity contribution in [1.82, 2.24) is 10.1 Å². The van der Waals surface area contributed by atoms with Crippen LogP contribution in [-0.2, 0) is 12.8 Å². The molecule has 1 aromatic heterocycles. The molecule has 104 valence electrons. The molecule has 0 aliphatic carbocycles. The van der Waals surface area contributed by atoms with Crippen molar-refractivity contribution in [2.24, 2.45) is 5.92 Å². The fourth-order valence-electron chi connectivity index (χ4n) is 1.90. The second kappa shape index (κ2) is 6.71. The first kappa shape index (κ1) is 14.1. The van der Waals surface area contributed by atoms with Crippen LogP contribution in [0.3, 0.4) is 0 Å². The van der Waals surface area contributed by atoms with Crippen molar-refractivity contribution in [1.29, 1.82) is 5.26 Å². The van der Waals surface area contributed by atoms with Crippen molar-refractivity contribution in [3.05, 3.63) is 41.5 Å². The molecular weight excluding hydrogens is 254 g/mol. The van der Waals surface area contributed by atoms with Gasteiger partial charge in [-0.15, -0.1) is 0 Å². The van der Waals surface area contributed by atoms with Crippen molar-refractivity contribution in [2.75, 3.05) is 7.11 Å². The lowest BCUT2D eigenvalue weighted by Gasteiger charge is -2.01. The van der Waals surface area contributed by atoms with E-state index in [9.17, 15) is 0 Å². The van der Waals surface area contributed by atoms with Crippen LogP contribution in [0.1, 0.15) is 30.6 Å². The van der Waals surface area contributed by atoms with Gasteiger partial charge in [-0.1, -0.05) is 24.2 Å². The maximum atomic E-state index is 8.63.